The monoisotopic (exact) mass is 1070 g/mol. The predicted molar refractivity (Wildman–Crippen MR) is 349 cm³/mol. The van der Waals surface area contributed by atoms with Crippen LogP contribution in [0.3, 0.4) is 0 Å². The Hall–Kier alpha value is -11.3. The van der Waals surface area contributed by atoms with Crippen molar-refractivity contribution in [2.24, 2.45) is 0 Å². The average Bonchev–Trinajstić information content (AvgIpc) is 1.94. The van der Waals surface area contributed by atoms with Gasteiger partial charge in [-0.2, -0.15) is 0 Å². The third-order valence-corrected chi connectivity index (χ3v) is 16.6. The van der Waals surface area contributed by atoms with Crippen LogP contribution >= 0.6 is 0 Å². The van der Waals surface area contributed by atoms with Gasteiger partial charge in [-0.05, 0) is 179 Å². The van der Waals surface area contributed by atoms with E-state index in [0.717, 1.165) is 67.3 Å². The van der Waals surface area contributed by atoms with Crippen LogP contribution < -0.4 is 9.80 Å². The standard InChI is InChI=1S/C40H25N3.C38H25N3/c1-2-9-29(10-3-1)43(37-24-19-28-16-15-27-8-7-25-41-39(27)40(28)42-37)30-20-17-26(18-21-30)31-22-23-36-33-12-5-4-11-32(33)35-14-6-13-34(31)38(35)36;1-2-7-28(8-3-1)41(30-17-20-37(40-25-30)27-21-23-39-24-22-27)29-15-13-26(14-16-29)31-18-19-36-33-10-5-4-9-32(33)35-12-6-11-34(31)38(35)36/h1-25H;1-25H. The molecule has 0 atom stereocenters. The van der Waals surface area contributed by atoms with Crippen LogP contribution in [0.15, 0.2) is 304 Å². The van der Waals surface area contributed by atoms with Gasteiger partial charge in [0.2, 0.25) is 0 Å². The van der Waals surface area contributed by atoms with Crippen molar-refractivity contribution in [1.29, 1.82) is 0 Å². The molecule has 6 nitrogen and oxygen atoms in total. The molecule has 11 aromatic carbocycles. The summed E-state index contributed by atoms with van der Waals surface area (Å²) in [5.41, 5.74) is 24.5. The average molecular weight is 1070 g/mol. The summed E-state index contributed by atoms with van der Waals surface area (Å²) in [7, 11) is 0. The molecule has 0 radical (unpaired) electrons. The van der Waals surface area contributed by atoms with Gasteiger partial charge in [-0.15, -0.1) is 0 Å². The normalized spacial score (nSPS) is 11.6. The molecule has 392 valence electrons. The zero-order chi connectivity index (χ0) is 55.5. The molecule has 0 saturated heterocycles. The number of nitrogens with zero attached hydrogens (tertiary/aromatic N) is 6. The van der Waals surface area contributed by atoms with Crippen LogP contribution in [0.25, 0.3) is 121 Å². The lowest BCUT2D eigenvalue weighted by atomic mass is 9.94. The zero-order valence-electron chi connectivity index (χ0n) is 45.6. The number of rotatable bonds is 9. The maximum absolute atomic E-state index is 5.19. The molecular formula is C78H50N6. The molecule has 0 fully saturated rings. The first-order valence-corrected chi connectivity index (χ1v) is 28.4. The third-order valence-electron chi connectivity index (χ3n) is 16.6. The number of hydrogen-bond acceptors (Lipinski definition) is 6. The number of aromatic nitrogens is 4. The van der Waals surface area contributed by atoms with E-state index >= 15 is 0 Å². The number of para-hydroxylation sites is 2. The van der Waals surface area contributed by atoms with E-state index in [1.54, 1.807) is 12.4 Å². The van der Waals surface area contributed by atoms with Gasteiger partial charge in [0, 0.05) is 57.7 Å². The number of benzene rings is 11. The highest BCUT2D eigenvalue weighted by Crippen LogP contribution is 2.51. The molecule has 84 heavy (non-hydrogen) atoms. The van der Waals surface area contributed by atoms with Crippen LogP contribution in [-0.4, -0.2) is 19.9 Å². The lowest BCUT2D eigenvalue weighted by Gasteiger charge is -2.25. The molecule has 0 amide bonds. The molecule has 0 aliphatic heterocycles. The Balaban J connectivity index is 0.000000137. The van der Waals surface area contributed by atoms with E-state index in [1.807, 2.05) is 42.7 Å². The van der Waals surface area contributed by atoms with Crippen molar-refractivity contribution in [3.63, 3.8) is 0 Å². The largest absolute Gasteiger partial charge is 0.309 e. The van der Waals surface area contributed by atoms with Crippen molar-refractivity contribution in [2.45, 2.75) is 0 Å². The molecule has 6 heteroatoms. The summed E-state index contributed by atoms with van der Waals surface area (Å²) in [5.74, 6) is 0.854. The lowest BCUT2D eigenvalue weighted by molar-refractivity contribution is 1.21. The quantitative estimate of drug-likeness (QED) is 0.134. The van der Waals surface area contributed by atoms with E-state index in [9.17, 15) is 0 Å². The summed E-state index contributed by atoms with van der Waals surface area (Å²) in [6, 6.07) is 99.2. The van der Waals surface area contributed by atoms with Crippen LogP contribution in [-0.2, 0) is 0 Å². The van der Waals surface area contributed by atoms with Crippen molar-refractivity contribution in [3.8, 4) is 78.0 Å². The highest BCUT2D eigenvalue weighted by Gasteiger charge is 2.25. The fourth-order valence-electron chi connectivity index (χ4n) is 12.8. The van der Waals surface area contributed by atoms with Crippen LogP contribution in [0.5, 0.6) is 0 Å². The van der Waals surface area contributed by atoms with Gasteiger partial charge in [-0.3, -0.25) is 19.9 Å². The second-order valence-corrected chi connectivity index (χ2v) is 21.3. The minimum Gasteiger partial charge on any atom is -0.309 e. The summed E-state index contributed by atoms with van der Waals surface area (Å²) in [6.07, 6.45) is 7.37. The molecule has 0 saturated carbocycles. The van der Waals surface area contributed by atoms with Gasteiger partial charge < -0.3 is 4.90 Å². The Bertz CT molecular complexity index is 4930. The molecule has 15 aromatic rings. The van der Waals surface area contributed by atoms with Crippen LogP contribution in [0.4, 0.5) is 34.3 Å². The van der Waals surface area contributed by atoms with Gasteiger partial charge in [0.1, 0.15) is 5.82 Å². The first-order valence-electron chi connectivity index (χ1n) is 28.4. The Morgan fingerprint density at radius 3 is 1.25 bits per heavy atom. The van der Waals surface area contributed by atoms with E-state index in [1.165, 1.54) is 88.3 Å². The summed E-state index contributed by atoms with van der Waals surface area (Å²) < 4.78 is 0. The highest BCUT2D eigenvalue weighted by atomic mass is 15.2. The van der Waals surface area contributed by atoms with Crippen molar-refractivity contribution < 1.29 is 0 Å². The first kappa shape index (κ1) is 48.6. The maximum atomic E-state index is 5.19. The van der Waals surface area contributed by atoms with E-state index < -0.39 is 0 Å². The van der Waals surface area contributed by atoms with Gasteiger partial charge in [-0.25, -0.2) is 4.98 Å². The minimum absolute atomic E-state index is 0.854. The van der Waals surface area contributed by atoms with Gasteiger partial charge in [0.05, 0.1) is 28.6 Å². The van der Waals surface area contributed by atoms with E-state index in [2.05, 4.69) is 268 Å². The van der Waals surface area contributed by atoms with Gasteiger partial charge in [0.25, 0.3) is 0 Å². The van der Waals surface area contributed by atoms with Crippen LogP contribution in [0.2, 0.25) is 0 Å². The number of fused-ring (bicyclic) bond motifs is 9. The first-order chi connectivity index (χ1) is 41.7. The van der Waals surface area contributed by atoms with Crippen molar-refractivity contribution in [3.05, 3.63) is 304 Å². The number of hydrogen-bond donors (Lipinski definition) is 0. The highest BCUT2D eigenvalue weighted by molar-refractivity contribution is 6.20. The van der Waals surface area contributed by atoms with Crippen molar-refractivity contribution >= 4 is 77.6 Å². The summed E-state index contributed by atoms with van der Waals surface area (Å²) >= 11 is 0. The fraction of sp³-hybridized carbons (Fsp3) is 0. The summed E-state index contributed by atoms with van der Waals surface area (Å²) in [4.78, 5) is 23.2. The smallest absolute Gasteiger partial charge is 0.138 e. The van der Waals surface area contributed by atoms with E-state index in [4.69, 9.17) is 9.97 Å². The van der Waals surface area contributed by atoms with E-state index in [-0.39, 0.29) is 0 Å². The Kier molecular flexibility index (Phi) is 11.8. The Morgan fingerprint density at radius 1 is 0.250 bits per heavy atom. The molecule has 0 spiro atoms. The predicted octanol–water partition coefficient (Wildman–Crippen LogP) is 20.8. The van der Waals surface area contributed by atoms with Gasteiger partial charge in [-0.1, -0.05) is 188 Å². The number of anilines is 6. The summed E-state index contributed by atoms with van der Waals surface area (Å²) in [5, 5.41) is 7.43. The zero-order valence-corrected chi connectivity index (χ0v) is 45.6. The molecule has 17 rings (SSSR count). The van der Waals surface area contributed by atoms with Crippen molar-refractivity contribution in [2.75, 3.05) is 9.80 Å². The minimum atomic E-state index is 0.854. The molecule has 0 unspecified atom stereocenters. The van der Waals surface area contributed by atoms with Gasteiger partial charge in [0.15, 0.2) is 0 Å². The molecule has 0 N–H and O–H groups in total. The topological polar surface area (TPSA) is 58.0 Å². The van der Waals surface area contributed by atoms with Gasteiger partial charge >= 0.3 is 0 Å². The number of pyridine rings is 4. The third kappa shape index (κ3) is 8.27. The summed E-state index contributed by atoms with van der Waals surface area (Å²) in [6.45, 7) is 0. The maximum Gasteiger partial charge on any atom is 0.138 e. The SMILES string of the molecule is c1ccc(N(c2ccc(-c3ccc4c5c(cccc35)-c3ccccc3-4)cc2)c2ccc(-c3ccncc3)nc2)cc1.c1ccc(N(c2ccc(-c3ccc4c5c(cccc35)-c3ccccc3-4)cc2)c2ccc3ccc4cccnc4c3n2)cc1. The molecule has 4 aromatic heterocycles. The van der Waals surface area contributed by atoms with Crippen LogP contribution in [0, 0.1) is 0 Å². The van der Waals surface area contributed by atoms with Crippen LogP contribution in [0.1, 0.15) is 0 Å². The second kappa shape index (κ2) is 20.3. The molecule has 4 heterocycles. The molecule has 0 bridgehead atoms. The Morgan fingerprint density at radius 2 is 0.702 bits per heavy atom. The lowest BCUT2D eigenvalue weighted by Crippen LogP contribution is -2.11. The molecule has 2 aliphatic rings. The second-order valence-electron chi connectivity index (χ2n) is 21.3. The van der Waals surface area contributed by atoms with E-state index in [0.29, 0.717) is 0 Å². The molecular weight excluding hydrogens is 1020 g/mol. The Labute approximate surface area is 486 Å². The molecule has 2 aliphatic carbocycles. The van der Waals surface area contributed by atoms with Crippen molar-refractivity contribution in [1.82, 2.24) is 19.9 Å². The fourth-order valence-corrected chi connectivity index (χ4v) is 12.8.